The Morgan fingerprint density at radius 3 is 2.71 bits per heavy atom. The number of thiazole rings is 1. The van der Waals surface area contributed by atoms with Crippen LogP contribution in [-0.4, -0.2) is 27.0 Å². The maximum Gasteiger partial charge on any atom is 0.321 e. The Morgan fingerprint density at radius 1 is 1.38 bits per heavy atom. The number of aryl methyl sites for hydroxylation is 2. The summed E-state index contributed by atoms with van der Waals surface area (Å²) >= 11 is 1.66. The summed E-state index contributed by atoms with van der Waals surface area (Å²) in [5.41, 5.74) is 3.41. The molecular weight excluding hydrogens is 284 g/mol. The molecule has 0 aliphatic carbocycles. The quantitative estimate of drug-likeness (QED) is 0.947. The molecule has 1 aliphatic heterocycles. The van der Waals surface area contributed by atoms with Gasteiger partial charge in [-0.3, -0.25) is 9.69 Å². The van der Waals surface area contributed by atoms with E-state index in [4.69, 9.17) is 0 Å². The van der Waals surface area contributed by atoms with Crippen LogP contribution in [0.2, 0.25) is 0 Å². The molecule has 2 aromatic rings. The summed E-state index contributed by atoms with van der Waals surface area (Å²) in [6.45, 7) is 5.32. The highest BCUT2D eigenvalue weighted by Gasteiger charge is 2.31. The summed E-state index contributed by atoms with van der Waals surface area (Å²) in [6.07, 6.45) is 0.564. The normalized spacial score (nSPS) is 18.5. The van der Waals surface area contributed by atoms with Crippen molar-refractivity contribution in [3.8, 4) is 0 Å². The fourth-order valence-electron chi connectivity index (χ4n) is 2.77. The summed E-state index contributed by atoms with van der Waals surface area (Å²) in [5, 5.41) is 10.5. The van der Waals surface area contributed by atoms with E-state index in [1.807, 2.05) is 30.0 Å². The zero-order valence-electron chi connectivity index (χ0n) is 12.2. The lowest BCUT2D eigenvalue weighted by Crippen LogP contribution is -2.44. The van der Waals surface area contributed by atoms with Crippen LogP contribution in [0.3, 0.4) is 0 Å². The summed E-state index contributed by atoms with van der Waals surface area (Å²) in [5.74, 6) is -0.755. The topological polar surface area (TPSA) is 53.4 Å². The molecular formula is C16H18N2O2S. The summed E-state index contributed by atoms with van der Waals surface area (Å²) < 4.78 is 0. The molecule has 0 saturated carbocycles. The number of carboxylic acid groups (broad SMARTS) is 1. The second-order valence-electron chi connectivity index (χ2n) is 5.48. The fourth-order valence-corrected chi connectivity index (χ4v) is 3.73. The van der Waals surface area contributed by atoms with Gasteiger partial charge in [0.05, 0.1) is 12.2 Å². The number of benzene rings is 1. The molecule has 5 heteroatoms. The molecule has 4 nitrogen and oxygen atoms in total. The summed E-state index contributed by atoms with van der Waals surface area (Å²) in [7, 11) is 0. The molecule has 0 spiro atoms. The third kappa shape index (κ3) is 2.84. The van der Waals surface area contributed by atoms with Crippen molar-refractivity contribution in [1.29, 1.82) is 0 Å². The van der Waals surface area contributed by atoms with Gasteiger partial charge in [-0.1, -0.05) is 24.3 Å². The van der Waals surface area contributed by atoms with Gasteiger partial charge in [0.15, 0.2) is 0 Å². The van der Waals surface area contributed by atoms with E-state index >= 15 is 0 Å². The number of carboxylic acids is 1. The van der Waals surface area contributed by atoms with Gasteiger partial charge in [-0.05, 0) is 31.4 Å². The Labute approximate surface area is 128 Å². The molecule has 0 fully saturated rings. The van der Waals surface area contributed by atoms with Crippen molar-refractivity contribution in [2.75, 3.05) is 0 Å². The van der Waals surface area contributed by atoms with Gasteiger partial charge in [0.2, 0.25) is 0 Å². The van der Waals surface area contributed by atoms with Crippen molar-refractivity contribution in [3.63, 3.8) is 0 Å². The first-order valence-electron chi connectivity index (χ1n) is 7.01. The van der Waals surface area contributed by atoms with Crippen molar-refractivity contribution in [2.24, 2.45) is 0 Å². The van der Waals surface area contributed by atoms with Crippen molar-refractivity contribution >= 4 is 17.3 Å². The highest BCUT2D eigenvalue weighted by Crippen LogP contribution is 2.26. The molecule has 21 heavy (non-hydrogen) atoms. The third-order valence-electron chi connectivity index (χ3n) is 4.04. The van der Waals surface area contributed by atoms with E-state index in [0.29, 0.717) is 19.5 Å². The van der Waals surface area contributed by atoms with E-state index < -0.39 is 12.0 Å². The second-order valence-corrected chi connectivity index (χ2v) is 6.77. The Balaban J connectivity index is 1.87. The smallest absolute Gasteiger partial charge is 0.321 e. The zero-order valence-corrected chi connectivity index (χ0v) is 13.0. The van der Waals surface area contributed by atoms with Gasteiger partial charge in [0, 0.05) is 11.4 Å². The zero-order chi connectivity index (χ0) is 15.0. The maximum atomic E-state index is 11.6. The van der Waals surface area contributed by atoms with Crippen LogP contribution in [0.1, 0.15) is 26.7 Å². The maximum absolute atomic E-state index is 11.6. The van der Waals surface area contributed by atoms with Gasteiger partial charge in [0.1, 0.15) is 11.0 Å². The molecule has 0 radical (unpaired) electrons. The molecule has 1 aromatic heterocycles. The molecule has 1 aliphatic rings. The van der Waals surface area contributed by atoms with Crippen LogP contribution >= 0.6 is 11.3 Å². The Hall–Kier alpha value is -1.72. The van der Waals surface area contributed by atoms with Crippen molar-refractivity contribution in [1.82, 2.24) is 9.88 Å². The van der Waals surface area contributed by atoms with Crippen LogP contribution in [0.25, 0.3) is 0 Å². The molecule has 0 unspecified atom stereocenters. The predicted octanol–water partition coefficient (Wildman–Crippen LogP) is 2.77. The highest BCUT2D eigenvalue weighted by molar-refractivity contribution is 7.11. The van der Waals surface area contributed by atoms with E-state index in [0.717, 1.165) is 16.3 Å². The van der Waals surface area contributed by atoms with Gasteiger partial charge in [-0.2, -0.15) is 0 Å². The highest BCUT2D eigenvalue weighted by atomic mass is 32.1. The number of fused-ring (bicyclic) bond motifs is 1. The number of carbonyl (C=O) groups is 1. The first kappa shape index (κ1) is 14.2. The van der Waals surface area contributed by atoms with Crippen molar-refractivity contribution in [3.05, 3.63) is 51.0 Å². The number of hydrogen-bond donors (Lipinski definition) is 1. The number of hydrogen-bond acceptors (Lipinski definition) is 4. The van der Waals surface area contributed by atoms with E-state index in [9.17, 15) is 9.90 Å². The van der Waals surface area contributed by atoms with Gasteiger partial charge in [-0.15, -0.1) is 11.3 Å². The van der Waals surface area contributed by atoms with Crippen molar-refractivity contribution < 1.29 is 9.90 Å². The molecule has 2 heterocycles. The average molecular weight is 302 g/mol. The molecule has 0 saturated heterocycles. The number of nitrogens with zero attached hydrogens (tertiary/aromatic N) is 2. The molecule has 1 aromatic carbocycles. The molecule has 0 amide bonds. The van der Waals surface area contributed by atoms with Crippen LogP contribution in [0, 0.1) is 13.8 Å². The van der Waals surface area contributed by atoms with Gasteiger partial charge >= 0.3 is 5.97 Å². The monoisotopic (exact) mass is 302 g/mol. The van der Waals surface area contributed by atoms with E-state index in [1.54, 1.807) is 11.3 Å². The van der Waals surface area contributed by atoms with E-state index in [2.05, 4.69) is 18.0 Å². The first-order chi connectivity index (χ1) is 10.0. The van der Waals surface area contributed by atoms with Crippen LogP contribution in [-0.2, 0) is 24.3 Å². The minimum atomic E-state index is -0.755. The van der Waals surface area contributed by atoms with Crippen LogP contribution < -0.4 is 0 Å². The lowest BCUT2D eigenvalue weighted by atomic mass is 9.94. The largest absolute Gasteiger partial charge is 0.480 e. The molecule has 1 N–H and O–H groups in total. The SMILES string of the molecule is Cc1nc(CN2Cc3ccccc3C[C@H]2C(=O)O)sc1C. The molecule has 110 valence electrons. The number of aromatic nitrogens is 1. The Morgan fingerprint density at radius 2 is 2.10 bits per heavy atom. The molecule has 0 bridgehead atoms. The van der Waals surface area contributed by atoms with Crippen LogP contribution in [0.4, 0.5) is 0 Å². The van der Waals surface area contributed by atoms with Crippen LogP contribution in [0.5, 0.6) is 0 Å². The predicted molar refractivity (Wildman–Crippen MR) is 82.4 cm³/mol. The Kier molecular flexibility index (Phi) is 3.78. The van der Waals surface area contributed by atoms with Gasteiger partial charge in [-0.25, -0.2) is 4.98 Å². The minimum absolute atomic E-state index is 0.468. The van der Waals surface area contributed by atoms with E-state index in [-0.39, 0.29) is 0 Å². The van der Waals surface area contributed by atoms with Gasteiger partial charge < -0.3 is 5.11 Å². The standard InChI is InChI=1S/C16H18N2O2S/c1-10-11(2)21-15(17-10)9-18-8-13-6-4-3-5-12(13)7-14(18)16(19)20/h3-6,14H,7-9H2,1-2H3,(H,19,20)/t14-/m0/s1. The molecule has 1 atom stereocenters. The summed E-state index contributed by atoms with van der Waals surface area (Å²) in [6, 6.07) is 7.62. The average Bonchev–Trinajstić information content (AvgIpc) is 2.76. The lowest BCUT2D eigenvalue weighted by Gasteiger charge is -2.33. The van der Waals surface area contributed by atoms with Gasteiger partial charge in [0.25, 0.3) is 0 Å². The lowest BCUT2D eigenvalue weighted by molar-refractivity contribution is -0.144. The second kappa shape index (κ2) is 5.58. The third-order valence-corrected chi connectivity index (χ3v) is 5.10. The fraction of sp³-hybridized carbons (Fsp3) is 0.375. The van der Waals surface area contributed by atoms with Crippen molar-refractivity contribution in [2.45, 2.75) is 39.4 Å². The van der Waals surface area contributed by atoms with Crippen LogP contribution in [0.15, 0.2) is 24.3 Å². The number of aliphatic carboxylic acids is 1. The summed E-state index contributed by atoms with van der Waals surface area (Å²) in [4.78, 5) is 19.3. The minimum Gasteiger partial charge on any atom is -0.480 e. The number of rotatable bonds is 3. The van der Waals surface area contributed by atoms with E-state index in [1.165, 1.54) is 10.4 Å². The Bertz CT molecular complexity index is 661. The molecule has 3 rings (SSSR count). The first-order valence-corrected chi connectivity index (χ1v) is 7.83.